The Morgan fingerprint density at radius 2 is 2.00 bits per heavy atom. The first-order chi connectivity index (χ1) is 8.00. The monoisotopic (exact) mass is 371 g/mol. The van der Waals surface area contributed by atoms with Gasteiger partial charge in [0, 0.05) is 6.61 Å². The number of ketones is 1. The minimum atomic E-state index is -0.977. The zero-order valence-corrected chi connectivity index (χ0v) is 12.4. The van der Waals surface area contributed by atoms with Crippen LogP contribution in [0.25, 0.3) is 0 Å². The number of Topliss-reactive ketones (excluding diaryl/α,β-unsaturated/α-hetero) is 1. The van der Waals surface area contributed by atoms with Crippen LogP contribution in [0.5, 0.6) is 0 Å². The molecular formula is C10H15Br2NO4. The molecule has 0 aromatic heterocycles. The molecule has 1 fully saturated rings. The highest BCUT2D eigenvalue weighted by Crippen LogP contribution is 2.32. The second-order valence-corrected chi connectivity index (χ2v) is 7.00. The van der Waals surface area contributed by atoms with Crippen molar-refractivity contribution in [1.82, 2.24) is 0 Å². The van der Waals surface area contributed by atoms with E-state index >= 15 is 0 Å². The number of primary amides is 1. The Labute approximate surface area is 117 Å². The van der Waals surface area contributed by atoms with Gasteiger partial charge in [0.15, 0.2) is 11.9 Å². The van der Waals surface area contributed by atoms with Crippen LogP contribution in [0, 0.1) is 5.92 Å². The summed E-state index contributed by atoms with van der Waals surface area (Å²) in [6.07, 6.45) is 1.57. The molecule has 1 aliphatic carbocycles. The van der Waals surface area contributed by atoms with Crippen molar-refractivity contribution in [3.63, 3.8) is 0 Å². The minimum absolute atomic E-state index is 0.0438. The quantitative estimate of drug-likeness (QED) is 0.521. The van der Waals surface area contributed by atoms with Crippen LogP contribution < -0.4 is 5.73 Å². The first kappa shape index (κ1) is 14.9. The summed E-state index contributed by atoms with van der Waals surface area (Å²) in [7, 11) is 0. The Morgan fingerprint density at radius 3 is 2.47 bits per heavy atom. The molecule has 2 N–H and O–H groups in total. The van der Waals surface area contributed by atoms with E-state index in [0.717, 1.165) is 12.3 Å². The van der Waals surface area contributed by atoms with E-state index in [-0.39, 0.29) is 12.4 Å². The lowest BCUT2D eigenvalue weighted by Gasteiger charge is -2.16. The van der Waals surface area contributed by atoms with Gasteiger partial charge in [-0.2, -0.15) is 0 Å². The largest absolute Gasteiger partial charge is 0.436 e. The number of ether oxygens (including phenoxy) is 2. The molecule has 0 heterocycles. The van der Waals surface area contributed by atoms with Gasteiger partial charge in [0.2, 0.25) is 0 Å². The first-order valence-corrected chi connectivity index (χ1v) is 7.19. The molecule has 0 aliphatic heterocycles. The highest BCUT2D eigenvalue weighted by molar-refractivity contribution is 9.25. The number of halogens is 2. The predicted octanol–water partition coefficient (Wildman–Crippen LogP) is 1.95. The fourth-order valence-electron chi connectivity index (χ4n) is 1.30. The molecule has 1 saturated carbocycles. The smallest absolute Gasteiger partial charge is 0.405 e. The van der Waals surface area contributed by atoms with Gasteiger partial charge in [-0.05, 0) is 12.3 Å². The van der Waals surface area contributed by atoms with E-state index in [1.165, 1.54) is 12.8 Å². The fourth-order valence-corrected chi connectivity index (χ4v) is 1.89. The van der Waals surface area contributed by atoms with Crippen molar-refractivity contribution in [3.8, 4) is 0 Å². The van der Waals surface area contributed by atoms with Gasteiger partial charge >= 0.3 is 6.09 Å². The van der Waals surface area contributed by atoms with E-state index in [9.17, 15) is 9.59 Å². The highest BCUT2D eigenvalue weighted by Gasteiger charge is 2.27. The molecule has 0 unspecified atom stereocenters. The number of alkyl halides is 2. The van der Waals surface area contributed by atoms with Crippen LogP contribution in [0.15, 0.2) is 0 Å². The molecule has 0 spiro atoms. The summed E-state index contributed by atoms with van der Waals surface area (Å²) in [5.41, 5.74) is 4.89. The van der Waals surface area contributed by atoms with Crippen molar-refractivity contribution in [2.45, 2.75) is 29.1 Å². The van der Waals surface area contributed by atoms with Crippen LogP contribution in [0.2, 0.25) is 0 Å². The number of carbonyl (C=O) groups is 2. The number of carbonyl (C=O) groups excluding carboxylic acids is 2. The second kappa shape index (κ2) is 7.33. The molecule has 7 heteroatoms. The van der Waals surface area contributed by atoms with E-state index in [1.807, 2.05) is 0 Å². The van der Waals surface area contributed by atoms with Crippen molar-refractivity contribution in [2.24, 2.45) is 11.7 Å². The predicted molar refractivity (Wildman–Crippen MR) is 69.3 cm³/mol. The lowest BCUT2D eigenvalue weighted by atomic mass is 10.2. The highest BCUT2D eigenvalue weighted by atomic mass is 79.9. The summed E-state index contributed by atoms with van der Waals surface area (Å²) in [5, 5.41) is 0. The summed E-state index contributed by atoms with van der Waals surface area (Å²) >= 11 is 6.10. The minimum Gasteiger partial charge on any atom is -0.436 e. The molecule has 1 amide bonds. The lowest BCUT2D eigenvalue weighted by molar-refractivity contribution is -0.128. The third kappa shape index (κ3) is 6.38. The average Bonchev–Trinajstić information content (AvgIpc) is 3.04. The van der Waals surface area contributed by atoms with Gasteiger partial charge in [-0.1, -0.05) is 44.7 Å². The molecular weight excluding hydrogens is 358 g/mol. The van der Waals surface area contributed by atoms with Crippen LogP contribution in [-0.2, 0) is 14.3 Å². The molecule has 0 radical (unpaired) electrons. The summed E-state index contributed by atoms with van der Waals surface area (Å²) in [4.78, 5) is 22.3. The van der Waals surface area contributed by atoms with Crippen molar-refractivity contribution in [1.29, 1.82) is 0 Å². The summed E-state index contributed by atoms with van der Waals surface area (Å²) < 4.78 is 9.45. The van der Waals surface area contributed by atoms with Crippen molar-refractivity contribution in [3.05, 3.63) is 0 Å². The number of nitrogens with two attached hydrogens (primary N) is 1. The summed E-state index contributed by atoms with van der Waals surface area (Å²) in [5.74, 6) is 0.441. The fraction of sp³-hybridized carbons (Fsp3) is 0.800. The number of hydrogen-bond donors (Lipinski definition) is 1. The van der Waals surface area contributed by atoms with E-state index in [0.29, 0.717) is 6.61 Å². The summed E-state index contributed by atoms with van der Waals surface area (Å²) in [6.45, 7) is 0.619. The van der Waals surface area contributed by atoms with Crippen LogP contribution in [0.3, 0.4) is 0 Å². The average molecular weight is 373 g/mol. The number of rotatable bonds is 8. The van der Waals surface area contributed by atoms with Crippen molar-refractivity contribution < 1.29 is 19.1 Å². The number of amides is 1. The van der Waals surface area contributed by atoms with E-state index < -0.39 is 15.9 Å². The molecule has 1 atom stereocenters. The van der Waals surface area contributed by atoms with E-state index in [1.54, 1.807) is 0 Å². The SMILES string of the molecule is NC(=O)O[C@@H](COCCC1CC1)C(=O)C(Br)Br. The molecule has 17 heavy (non-hydrogen) atoms. The van der Waals surface area contributed by atoms with Crippen molar-refractivity contribution >= 4 is 43.7 Å². The van der Waals surface area contributed by atoms with E-state index in [4.69, 9.17) is 15.2 Å². The Hall–Kier alpha value is -0.140. The van der Waals surface area contributed by atoms with Gasteiger partial charge in [-0.3, -0.25) is 4.79 Å². The molecule has 0 saturated heterocycles. The van der Waals surface area contributed by atoms with Crippen LogP contribution in [0.1, 0.15) is 19.3 Å². The molecule has 0 bridgehead atoms. The zero-order chi connectivity index (χ0) is 12.8. The van der Waals surface area contributed by atoms with Crippen LogP contribution in [-0.4, -0.2) is 34.9 Å². The van der Waals surface area contributed by atoms with Gasteiger partial charge < -0.3 is 15.2 Å². The maximum absolute atomic E-state index is 11.6. The van der Waals surface area contributed by atoms with E-state index in [2.05, 4.69) is 31.9 Å². The van der Waals surface area contributed by atoms with Gasteiger partial charge in [-0.15, -0.1) is 0 Å². The Morgan fingerprint density at radius 1 is 1.35 bits per heavy atom. The first-order valence-electron chi connectivity index (χ1n) is 5.36. The van der Waals surface area contributed by atoms with Gasteiger partial charge in [0.1, 0.15) is 3.74 Å². The molecule has 0 aromatic carbocycles. The molecule has 1 rings (SSSR count). The van der Waals surface area contributed by atoms with Crippen molar-refractivity contribution in [2.75, 3.05) is 13.2 Å². The van der Waals surface area contributed by atoms with Crippen LogP contribution in [0.4, 0.5) is 4.79 Å². The topological polar surface area (TPSA) is 78.6 Å². The summed E-state index contributed by atoms with van der Waals surface area (Å²) in [6, 6.07) is 0. The van der Waals surface area contributed by atoms with Gasteiger partial charge in [0.05, 0.1) is 6.61 Å². The van der Waals surface area contributed by atoms with Crippen LogP contribution >= 0.6 is 31.9 Å². The Balaban J connectivity index is 2.27. The standard InChI is InChI=1S/C10H15Br2NO4/c11-9(12)8(14)7(17-10(13)15)5-16-4-3-6-1-2-6/h6-7,9H,1-5H2,(H2,13,15)/t7-/m0/s1. The normalized spacial score (nSPS) is 16.9. The molecule has 0 aromatic rings. The van der Waals surface area contributed by atoms with Gasteiger partial charge in [0.25, 0.3) is 0 Å². The molecule has 1 aliphatic rings. The zero-order valence-electron chi connectivity index (χ0n) is 9.23. The molecule has 5 nitrogen and oxygen atoms in total. The lowest BCUT2D eigenvalue weighted by Crippen LogP contribution is -2.36. The Bertz CT molecular complexity index is 281. The number of hydrogen-bond acceptors (Lipinski definition) is 4. The van der Waals surface area contributed by atoms with Gasteiger partial charge in [-0.25, -0.2) is 4.79 Å². The second-order valence-electron chi connectivity index (χ2n) is 3.94. The third-order valence-electron chi connectivity index (χ3n) is 2.43. The maximum atomic E-state index is 11.6. The molecule has 98 valence electrons. The third-order valence-corrected chi connectivity index (χ3v) is 3.33. The maximum Gasteiger partial charge on any atom is 0.405 e. The Kier molecular flexibility index (Phi) is 6.43.